The van der Waals surface area contributed by atoms with E-state index in [0.717, 1.165) is 11.3 Å². The summed E-state index contributed by atoms with van der Waals surface area (Å²) in [5, 5.41) is 2.74. The third-order valence-electron chi connectivity index (χ3n) is 3.32. The number of nitrogen functional groups attached to an aromatic ring is 1. The molecule has 110 valence electrons. The topological polar surface area (TPSA) is 64.3 Å². The maximum Gasteiger partial charge on any atom is 0.251 e. The molecule has 0 aliphatic heterocycles. The first-order chi connectivity index (χ1) is 10.0. The molecule has 2 aromatic rings. The molecule has 4 heteroatoms. The van der Waals surface area contributed by atoms with Crippen LogP contribution in [0.4, 0.5) is 5.69 Å². The molecule has 2 aromatic carbocycles. The van der Waals surface area contributed by atoms with Crippen LogP contribution in [0.3, 0.4) is 0 Å². The van der Waals surface area contributed by atoms with Crippen molar-refractivity contribution in [2.75, 3.05) is 12.3 Å². The van der Waals surface area contributed by atoms with Crippen LogP contribution in [0.1, 0.15) is 28.4 Å². The molecule has 21 heavy (non-hydrogen) atoms. The van der Waals surface area contributed by atoms with Crippen LogP contribution < -0.4 is 15.8 Å². The van der Waals surface area contributed by atoms with E-state index in [2.05, 4.69) is 12.2 Å². The van der Waals surface area contributed by atoms with Crippen molar-refractivity contribution in [2.24, 2.45) is 0 Å². The number of anilines is 1. The number of aryl methyl sites for hydroxylation is 2. The molecule has 0 spiro atoms. The van der Waals surface area contributed by atoms with Gasteiger partial charge in [0.25, 0.3) is 5.91 Å². The Labute approximate surface area is 124 Å². The van der Waals surface area contributed by atoms with Crippen LogP contribution in [0.25, 0.3) is 0 Å². The fraction of sp³-hybridized carbons (Fsp3) is 0.235. The highest BCUT2D eigenvalue weighted by Crippen LogP contribution is 2.29. The maximum absolute atomic E-state index is 11.7. The molecule has 2 rings (SSSR count). The van der Waals surface area contributed by atoms with E-state index >= 15 is 0 Å². The summed E-state index contributed by atoms with van der Waals surface area (Å²) in [5.74, 6) is 1.14. The molecule has 4 nitrogen and oxygen atoms in total. The normalized spacial score (nSPS) is 10.2. The Hall–Kier alpha value is -2.49. The number of nitrogens with two attached hydrogens (primary N) is 1. The number of rotatable bonds is 4. The minimum absolute atomic E-state index is 0.137. The summed E-state index contributed by atoms with van der Waals surface area (Å²) in [6, 6.07) is 10.9. The highest BCUT2D eigenvalue weighted by Gasteiger charge is 2.09. The van der Waals surface area contributed by atoms with Crippen molar-refractivity contribution in [1.29, 1.82) is 0 Å². The van der Waals surface area contributed by atoms with Crippen molar-refractivity contribution >= 4 is 11.6 Å². The largest absolute Gasteiger partial charge is 0.455 e. The van der Waals surface area contributed by atoms with Crippen LogP contribution in [0.2, 0.25) is 0 Å². The van der Waals surface area contributed by atoms with Gasteiger partial charge in [0, 0.05) is 12.1 Å². The molecule has 0 heterocycles. The Bertz CT molecular complexity index is 666. The van der Waals surface area contributed by atoms with Gasteiger partial charge in [-0.2, -0.15) is 0 Å². The van der Waals surface area contributed by atoms with Crippen LogP contribution in [0.5, 0.6) is 11.5 Å². The minimum Gasteiger partial charge on any atom is -0.455 e. The van der Waals surface area contributed by atoms with Gasteiger partial charge in [-0.05, 0) is 62.2 Å². The van der Waals surface area contributed by atoms with E-state index in [1.54, 1.807) is 18.2 Å². The average Bonchev–Trinajstić information content (AvgIpc) is 2.45. The summed E-state index contributed by atoms with van der Waals surface area (Å²) < 4.78 is 5.78. The monoisotopic (exact) mass is 284 g/mol. The van der Waals surface area contributed by atoms with Crippen molar-refractivity contribution in [3.8, 4) is 11.5 Å². The fourth-order valence-electron chi connectivity index (χ4n) is 1.95. The lowest BCUT2D eigenvalue weighted by Gasteiger charge is -2.11. The van der Waals surface area contributed by atoms with Crippen molar-refractivity contribution in [1.82, 2.24) is 5.32 Å². The summed E-state index contributed by atoms with van der Waals surface area (Å²) in [6.07, 6.45) is 0. The molecule has 3 N–H and O–H groups in total. The third kappa shape index (κ3) is 3.54. The Morgan fingerprint density at radius 1 is 1.14 bits per heavy atom. The van der Waals surface area contributed by atoms with Gasteiger partial charge >= 0.3 is 0 Å². The van der Waals surface area contributed by atoms with Gasteiger partial charge in [0.15, 0.2) is 0 Å². The van der Waals surface area contributed by atoms with Gasteiger partial charge in [-0.25, -0.2) is 0 Å². The standard InChI is InChI=1S/C17H20N2O2/c1-4-19-17(20)13-6-8-16(15(18)10-13)21-14-7-5-11(2)12(3)9-14/h5-10H,4,18H2,1-3H3,(H,19,20). The number of hydrogen-bond donors (Lipinski definition) is 2. The lowest BCUT2D eigenvalue weighted by Crippen LogP contribution is -2.22. The molecule has 0 unspecified atom stereocenters. The SMILES string of the molecule is CCNC(=O)c1ccc(Oc2ccc(C)c(C)c2)c(N)c1. The number of nitrogens with one attached hydrogen (secondary N) is 1. The van der Waals surface area contributed by atoms with Crippen molar-refractivity contribution < 1.29 is 9.53 Å². The molecular formula is C17H20N2O2. The molecule has 0 saturated carbocycles. The lowest BCUT2D eigenvalue weighted by molar-refractivity contribution is 0.0956. The third-order valence-corrected chi connectivity index (χ3v) is 3.32. The van der Waals surface area contributed by atoms with E-state index in [1.807, 2.05) is 32.0 Å². The quantitative estimate of drug-likeness (QED) is 0.845. The number of amides is 1. The number of carbonyl (C=O) groups excluding carboxylic acids is 1. The van der Waals surface area contributed by atoms with Gasteiger partial charge in [0.1, 0.15) is 11.5 Å². The molecule has 0 aliphatic rings. The summed E-state index contributed by atoms with van der Waals surface area (Å²) in [4.78, 5) is 11.7. The van der Waals surface area contributed by atoms with E-state index in [1.165, 1.54) is 5.56 Å². The first-order valence-corrected chi connectivity index (χ1v) is 6.94. The molecule has 0 fully saturated rings. The maximum atomic E-state index is 11.7. The van der Waals surface area contributed by atoms with Gasteiger partial charge < -0.3 is 15.8 Å². The molecule has 0 aromatic heterocycles. The van der Waals surface area contributed by atoms with Crippen LogP contribution in [0, 0.1) is 13.8 Å². The molecule has 0 radical (unpaired) electrons. The van der Waals surface area contributed by atoms with E-state index in [-0.39, 0.29) is 5.91 Å². The average molecular weight is 284 g/mol. The molecule has 0 aliphatic carbocycles. The van der Waals surface area contributed by atoms with Crippen LogP contribution in [0.15, 0.2) is 36.4 Å². The first-order valence-electron chi connectivity index (χ1n) is 6.94. The smallest absolute Gasteiger partial charge is 0.251 e. The van der Waals surface area contributed by atoms with E-state index in [9.17, 15) is 4.79 Å². The second-order valence-corrected chi connectivity index (χ2v) is 4.96. The molecule has 0 bridgehead atoms. The first kappa shape index (κ1) is 14.9. The summed E-state index contributed by atoms with van der Waals surface area (Å²) in [6.45, 7) is 6.54. The Morgan fingerprint density at radius 2 is 1.90 bits per heavy atom. The second-order valence-electron chi connectivity index (χ2n) is 4.96. The number of benzene rings is 2. The number of ether oxygens (including phenoxy) is 1. The van der Waals surface area contributed by atoms with Gasteiger partial charge in [-0.3, -0.25) is 4.79 Å². The Morgan fingerprint density at radius 3 is 2.52 bits per heavy atom. The predicted octanol–water partition coefficient (Wildman–Crippen LogP) is 3.43. The van der Waals surface area contributed by atoms with E-state index in [4.69, 9.17) is 10.5 Å². The van der Waals surface area contributed by atoms with Gasteiger partial charge in [0.05, 0.1) is 5.69 Å². The van der Waals surface area contributed by atoms with E-state index < -0.39 is 0 Å². The van der Waals surface area contributed by atoms with Gasteiger partial charge in [-0.1, -0.05) is 6.07 Å². The van der Waals surface area contributed by atoms with E-state index in [0.29, 0.717) is 23.5 Å². The van der Waals surface area contributed by atoms with Crippen LogP contribution in [-0.2, 0) is 0 Å². The summed E-state index contributed by atoms with van der Waals surface area (Å²) in [5.41, 5.74) is 9.30. The summed E-state index contributed by atoms with van der Waals surface area (Å²) >= 11 is 0. The molecule has 1 amide bonds. The van der Waals surface area contributed by atoms with Gasteiger partial charge in [-0.15, -0.1) is 0 Å². The van der Waals surface area contributed by atoms with Crippen molar-refractivity contribution in [3.63, 3.8) is 0 Å². The summed E-state index contributed by atoms with van der Waals surface area (Å²) in [7, 11) is 0. The van der Waals surface area contributed by atoms with Gasteiger partial charge in [0.2, 0.25) is 0 Å². The lowest BCUT2D eigenvalue weighted by atomic mass is 10.1. The fourth-order valence-corrected chi connectivity index (χ4v) is 1.95. The number of carbonyl (C=O) groups is 1. The second kappa shape index (κ2) is 6.31. The highest BCUT2D eigenvalue weighted by atomic mass is 16.5. The zero-order valence-corrected chi connectivity index (χ0v) is 12.6. The number of hydrogen-bond acceptors (Lipinski definition) is 3. The zero-order chi connectivity index (χ0) is 15.4. The van der Waals surface area contributed by atoms with Crippen LogP contribution >= 0.6 is 0 Å². The Balaban J connectivity index is 2.21. The van der Waals surface area contributed by atoms with Crippen molar-refractivity contribution in [2.45, 2.75) is 20.8 Å². The molecule has 0 atom stereocenters. The predicted molar refractivity (Wildman–Crippen MR) is 84.9 cm³/mol. The Kier molecular flexibility index (Phi) is 4.48. The zero-order valence-electron chi connectivity index (χ0n) is 12.6. The van der Waals surface area contributed by atoms with Crippen molar-refractivity contribution in [3.05, 3.63) is 53.1 Å². The molecular weight excluding hydrogens is 264 g/mol. The minimum atomic E-state index is -0.137. The van der Waals surface area contributed by atoms with Crippen LogP contribution in [-0.4, -0.2) is 12.5 Å². The molecule has 0 saturated heterocycles. The highest BCUT2D eigenvalue weighted by molar-refractivity contribution is 5.95.